The Hall–Kier alpha value is -1.55. The normalized spacial score (nSPS) is 11.5. The summed E-state index contributed by atoms with van der Waals surface area (Å²) in [5.74, 6) is 0.950. The van der Waals surface area contributed by atoms with Gasteiger partial charge in [0.1, 0.15) is 5.75 Å². The summed E-state index contributed by atoms with van der Waals surface area (Å²) in [4.78, 5) is 11.8. The van der Waals surface area contributed by atoms with Gasteiger partial charge in [-0.15, -0.1) is 0 Å². The van der Waals surface area contributed by atoms with Crippen LogP contribution in [0.15, 0.2) is 24.3 Å². The van der Waals surface area contributed by atoms with Crippen LogP contribution < -0.4 is 10.1 Å². The van der Waals surface area contributed by atoms with Crippen LogP contribution >= 0.6 is 0 Å². The summed E-state index contributed by atoms with van der Waals surface area (Å²) in [6, 6.07) is 7.77. The van der Waals surface area contributed by atoms with Crippen molar-refractivity contribution in [2.75, 3.05) is 13.2 Å². The van der Waals surface area contributed by atoms with E-state index in [1.807, 2.05) is 24.3 Å². The standard InChI is InChI=1S/C17H27NO3/c1-6-20-16(19)17(4,5)21-15-9-7-14(8-10-15)12-18-11-13(2)3/h7-10,13,18H,6,11-12H2,1-5H3. The van der Waals surface area contributed by atoms with E-state index in [-0.39, 0.29) is 5.97 Å². The maximum atomic E-state index is 11.8. The molecule has 0 radical (unpaired) electrons. The molecule has 0 unspecified atom stereocenters. The summed E-state index contributed by atoms with van der Waals surface area (Å²) in [6.07, 6.45) is 0. The third-order valence-corrected chi connectivity index (χ3v) is 2.95. The van der Waals surface area contributed by atoms with Crippen LogP contribution in [0.2, 0.25) is 0 Å². The van der Waals surface area contributed by atoms with Crippen LogP contribution in [0.4, 0.5) is 0 Å². The molecule has 0 atom stereocenters. The fraction of sp³-hybridized carbons (Fsp3) is 0.588. The largest absolute Gasteiger partial charge is 0.476 e. The van der Waals surface area contributed by atoms with Crippen molar-refractivity contribution >= 4 is 5.97 Å². The van der Waals surface area contributed by atoms with Gasteiger partial charge >= 0.3 is 5.97 Å². The highest BCUT2D eigenvalue weighted by molar-refractivity contribution is 5.79. The second-order valence-corrected chi connectivity index (χ2v) is 6.00. The highest BCUT2D eigenvalue weighted by atomic mass is 16.6. The highest BCUT2D eigenvalue weighted by Gasteiger charge is 2.31. The van der Waals surface area contributed by atoms with Gasteiger partial charge in [0.05, 0.1) is 6.61 Å². The van der Waals surface area contributed by atoms with Crippen molar-refractivity contribution < 1.29 is 14.3 Å². The lowest BCUT2D eigenvalue weighted by atomic mass is 10.1. The zero-order valence-electron chi connectivity index (χ0n) is 13.7. The van der Waals surface area contributed by atoms with Gasteiger partial charge in [-0.05, 0) is 50.9 Å². The van der Waals surface area contributed by atoms with E-state index in [9.17, 15) is 4.79 Å². The Morgan fingerprint density at radius 3 is 2.38 bits per heavy atom. The first kappa shape index (κ1) is 17.5. The van der Waals surface area contributed by atoms with E-state index in [1.165, 1.54) is 5.56 Å². The monoisotopic (exact) mass is 293 g/mol. The number of hydrogen-bond acceptors (Lipinski definition) is 4. The summed E-state index contributed by atoms with van der Waals surface area (Å²) < 4.78 is 10.7. The zero-order valence-corrected chi connectivity index (χ0v) is 13.7. The van der Waals surface area contributed by atoms with Crippen molar-refractivity contribution in [3.05, 3.63) is 29.8 Å². The minimum Gasteiger partial charge on any atom is -0.476 e. The third-order valence-electron chi connectivity index (χ3n) is 2.95. The molecule has 0 saturated heterocycles. The van der Waals surface area contributed by atoms with E-state index in [2.05, 4.69) is 19.2 Å². The van der Waals surface area contributed by atoms with Crippen molar-refractivity contribution in [3.8, 4) is 5.75 Å². The Bertz CT molecular complexity index is 438. The van der Waals surface area contributed by atoms with Crippen LogP contribution in [0, 0.1) is 5.92 Å². The summed E-state index contributed by atoms with van der Waals surface area (Å²) in [5, 5.41) is 3.39. The van der Waals surface area contributed by atoms with Crippen LogP contribution in [0.5, 0.6) is 5.75 Å². The van der Waals surface area contributed by atoms with Gasteiger partial charge in [0.15, 0.2) is 5.60 Å². The van der Waals surface area contributed by atoms with Crippen LogP contribution in [-0.2, 0) is 16.1 Å². The van der Waals surface area contributed by atoms with E-state index < -0.39 is 5.60 Å². The van der Waals surface area contributed by atoms with Gasteiger partial charge < -0.3 is 14.8 Å². The number of esters is 1. The number of hydrogen-bond donors (Lipinski definition) is 1. The fourth-order valence-corrected chi connectivity index (χ4v) is 1.82. The summed E-state index contributed by atoms with van der Waals surface area (Å²) in [7, 11) is 0. The fourth-order valence-electron chi connectivity index (χ4n) is 1.82. The van der Waals surface area contributed by atoms with E-state index in [4.69, 9.17) is 9.47 Å². The summed E-state index contributed by atoms with van der Waals surface area (Å²) in [5.41, 5.74) is 0.213. The van der Waals surface area contributed by atoms with Gasteiger partial charge in [-0.2, -0.15) is 0 Å². The minimum absolute atomic E-state index is 0.353. The molecular weight excluding hydrogens is 266 g/mol. The Kier molecular flexibility index (Phi) is 6.69. The van der Waals surface area contributed by atoms with Crippen molar-refractivity contribution in [1.82, 2.24) is 5.32 Å². The Labute approximate surface area is 127 Å². The first-order chi connectivity index (χ1) is 9.85. The molecule has 0 spiro atoms. The number of benzene rings is 1. The number of rotatable bonds is 8. The predicted octanol–water partition coefficient (Wildman–Crippen LogP) is 3.15. The summed E-state index contributed by atoms with van der Waals surface area (Å²) in [6.45, 7) is 11.8. The van der Waals surface area contributed by atoms with Crippen LogP contribution in [0.1, 0.15) is 40.2 Å². The van der Waals surface area contributed by atoms with Gasteiger partial charge in [0, 0.05) is 6.54 Å². The molecule has 0 aromatic heterocycles. The second-order valence-electron chi connectivity index (χ2n) is 6.00. The molecule has 118 valence electrons. The molecule has 0 aliphatic heterocycles. The molecular formula is C17H27NO3. The maximum Gasteiger partial charge on any atom is 0.349 e. The van der Waals surface area contributed by atoms with Crippen LogP contribution in [-0.4, -0.2) is 24.7 Å². The summed E-state index contributed by atoms with van der Waals surface area (Å²) >= 11 is 0. The number of carbonyl (C=O) groups excluding carboxylic acids is 1. The average molecular weight is 293 g/mol. The predicted molar refractivity (Wildman–Crippen MR) is 84.3 cm³/mol. The van der Waals surface area contributed by atoms with Crippen LogP contribution in [0.3, 0.4) is 0 Å². The van der Waals surface area contributed by atoms with Crippen molar-refractivity contribution in [1.29, 1.82) is 0 Å². The van der Waals surface area contributed by atoms with Gasteiger partial charge in [0.2, 0.25) is 0 Å². The molecule has 4 heteroatoms. The molecule has 0 bridgehead atoms. The first-order valence-electron chi connectivity index (χ1n) is 7.51. The van der Waals surface area contributed by atoms with Crippen molar-refractivity contribution in [3.63, 3.8) is 0 Å². The molecule has 0 saturated carbocycles. The van der Waals surface area contributed by atoms with Crippen molar-refractivity contribution in [2.45, 2.75) is 46.8 Å². The van der Waals surface area contributed by atoms with Crippen LogP contribution in [0.25, 0.3) is 0 Å². The van der Waals surface area contributed by atoms with E-state index >= 15 is 0 Å². The van der Waals surface area contributed by atoms with Crippen molar-refractivity contribution in [2.24, 2.45) is 5.92 Å². The van der Waals surface area contributed by atoms with Gasteiger partial charge in [-0.25, -0.2) is 4.79 Å². The molecule has 4 nitrogen and oxygen atoms in total. The molecule has 1 N–H and O–H groups in total. The first-order valence-corrected chi connectivity index (χ1v) is 7.51. The lowest BCUT2D eigenvalue weighted by molar-refractivity contribution is -0.158. The molecule has 1 aromatic carbocycles. The number of ether oxygens (including phenoxy) is 2. The molecule has 1 aromatic rings. The quantitative estimate of drug-likeness (QED) is 0.748. The maximum absolute atomic E-state index is 11.8. The van der Waals surface area contributed by atoms with E-state index in [1.54, 1.807) is 20.8 Å². The van der Waals surface area contributed by atoms with E-state index in [0.717, 1.165) is 13.1 Å². The molecule has 1 rings (SSSR count). The van der Waals surface area contributed by atoms with E-state index in [0.29, 0.717) is 18.3 Å². The average Bonchev–Trinajstić information content (AvgIpc) is 2.40. The minimum atomic E-state index is -0.979. The molecule has 0 amide bonds. The topological polar surface area (TPSA) is 47.6 Å². The Balaban J connectivity index is 2.56. The smallest absolute Gasteiger partial charge is 0.349 e. The Morgan fingerprint density at radius 2 is 1.86 bits per heavy atom. The van der Waals surface area contributed by atoms with Gasteiger partial charge in [0.25, 0.3) is 0 Å². The SMILES string of the molecule is CCOC(=O)C(C)(C)Oc1ccc(CNCC(C)C)cc1. The molecule has 0 aliphatic rings. The Morgan fingerprint density at radius 1 is 1.24 bits per heavy atom. The molecule has 0 heterocycles. The molecule has 0 aliphatic carbocycles. The lowest BCUT2D eigenvalue weighted by Crippen LogP contribution is -2.39. The second kappa shape index (κ2) is 8.03. The number of nitrogens with one attached hydrogen (secondary N) is 1. The molecule has 21 heavy (non-hydrogen) atoms. The van der Waals surface area contributed by atoms with Gasteiger partial charge in [-0.3, -0.25) is 0 Å². The van der Waals surface area contributed by atoms with Gasteiger partial charge in [-0.1, -0.05) is 26.0 Å². The lowest BCUT2D eigenvalue weighted by Gasteiger charge is -2.24. The third kappa shape index (κ3) is 6.17. The number of carbonyl (C=O) groups is 1. The molecule has 0 fully saturated rings. The highest BCUT2D eigenvalue weighted by Crippen LogP contribution is 2.20. The zero-order chi connectivity index (χ0) is 15.9.